The van der Waals surface area contributed by atoms with Gasteiger partial charge in [-0.15, -0.1) is 0 Å². The highest BCUT2D eigenvalue weighted by Gasteiger charge is 2.23. The zero-order valence-electron chi connectivity index (χ0n) is 10.0. The summed E-state index contributed by atoms with van der Waals surface area (Å²) >= 11 is 0. The average Bonchev–Trinajstić information content (AvgIpc) is 2.79. The molecule has 2 aromatic heterocycles. The number of aromatic nitrogens is 3. The molecule has 1 aliphatic rings. The number of pyridine rings is 1. The van der Waals surface area contributed by atoms with Gasteiger partial charge in [-0.05, 0) is 25.0 Å². The number of rotatable bonds is 2. The van der Waals surface area contributed by atoms with Crippen LogP contribution in [0.1, 0.15) is 48.6 Å². The van der Waals surface area contributed by atoms with E-state index in [1.54, 1.807) is 18.3 Å². The van der Waals surface area contributed by atoms with Crippen LogP contribution >= 0.6 is 0 Å². The SMILES string of the molecule is O=C(O)c1nn(C2CCCCC2)c2ncccc12. The molecule has 5 heteroatoms. The Hall–Kier alpha value is -1.91. The minimum atomic E-state index is -0.984. The maximum atomic E-state index is 11.2. The largest absolute Gasteiger partial charge is 0.476 e. The Bertz CT molecular complexity index is 585. The first-order valence-electron chi connectivity index (χ1n) is 6.34. The van der Waals surface area contributed by atoms with Gasteiger partial charge in [0.2, 0.25) is 0 Å². The predicted octanol–water partition coefficient (Wildman–Crippen LogP) is 2.63. The summed E-state index contributed by atoms with van der Waals surface area (Å²) in [4.78, 5) is 15.5. The molecule has 94 valence electrons. The third kappa shape index (κ3) is 1.75. The van der Waals surface area contributed by atoms with Gasteiger partial charge in [-0.2, -0.15) is 5.10 Å². The first-order valence-corrected chi connectivity index (χ1v) is 6.34. The van der Waals surface area contributed by atoms with E-state index >= 15 is 0 Å². The lowest BCUT2D eigenvalue weighted by molar-refractivity contribution is 0.0691. The van der Waals surface area contributed by atoms with Crippen molar-refractivity contribution in [3.63, 3.8) is 0 Å². The van der Waals surface area contributed by atoms with Gasteiger partial charge in [0, 0.05) is 6.20 Å². The van der Waals surface area contributed by atoms with Gasteiger partial charge in [0.25, 0.3) is 0 Å². The molecule has 2 aromatic rings. The fourth-order valence-corrected chi connectivity index (χ4v) is 2.71. The number of carboxylic acids is 1. The monoisotopic (exact) mass is 245 g/mol. The zero-order chi connectivity index (χ0) is 12.5. The minimum absolute atomic E-state index is 0.115. The van der Waals surface area contributed by atoms with E-state index in [4.69, 9.17) is 0 Å². The quantitative estimate of drug-likeness (QED) is 0.883. The Balaban J connectivity index is 2.13. The summed E-state index contributed by atoms with van der Waals surface area (Å²) in [6.07, 6.45) is 7.44. The normalized spacial score (nSPS) is 17.1. The standard InChI is InChI=1S/C13H15N3O2/c17-13(18)11-10-7-4-8-14-12(10)16(15-11)9-5-2-1-3-6-9/h4,7-9H,1-3,5-6H2,(H,17,18). The summed E-state index contributed by atoms with van der Waals surface area (Å²) < 4.78 is 1.82. The molecule has 0 atom stereocenters. The van der Waals surface area contributed by atoms with Crippen molar-refractivity contribution in [3.8, 4) is 0 Å². The number of carboxylic acid groups (broad SMARTS) is 1. The van der Waals surface area contributed by atoms with Crippen LogP contribution in [0.25, 0.3) is 11.0 Å². The number of carbonyl (C=O) groups is 1. The van der Waals surface area contributed by atoms with Gasteiger partial charge in [-0.25, -0.2) is 14.5 Å². The lowest BCUT2D eigenvalue weighted by Crippen LogP contribution is -2.15. The van der Waals surface area contributed by atoms with Crippen LogP contribution in [0.4, 0.5) is 0 Å². The Morgan fingerprint density at radius 1 is 1.33 bits per heavy atom. The molecule has 0 unspecified atom stereocenters. The predicted molar refractivity (Wildman–Crippen MR) is 66.6 cm³/mol. The minimum Gasteiger partial charge on any atom is -0.476 e. The maximum absolute atomic E-state index is 11.2. The molecule has 1 saturated carbocycles. The third-order valence-corrected chi connectivity index (χ3v) is 3.59. The van der Waals surface area contributed by atoms with E-state index in [2.05, 4.69) is 10.1 Å². The topological polar surface area (TPSA) is 68.0 Å². The highest BCUT2D eigenvalue weighted by Crippen LogP contribution is 2.30. The van der Waals surface area contributed by atoms with Crippen molar-refractivity contribution in [1.82, 2.24) is 14.8 Å². The van der Waals surface area contributed by atoms with E-state index in [0.717, 1.165) is 12.8 Å². The summed E-state index contributed by atoms with van der Waals surface area (Å²) in [5.41, 5.74) is 0.811. The highest BCUT2D eigenvalue weighted by atomic mass is 16.4. The van der Waals surface area contributed by atoms with Crippen molar-refractivity contribution in [1.29, 1.82) is 0 Å². The van der Waals surface area contributed by atoms with Crippen molar-refractivity contribution < 1.29 is 9.90 Å². The van der Waals surface area contributed by atoms with Crippen LogP contribution in [0.2, 0.25) is 0 Å². The average molecular weight is 245 g/mol. The Labute approximate surface area is 104 Å². The lowest BCUT2D eigenvalue weighted by atomic mass is 9.96. The molecular formula is C13H15N3O2. The fraction of sp³-hybridized carbons (Fsp3) is 0.462. The van der Waals surface area contributed by atoms with Crippen molar-refractivity contribution in [3.05, 3.63) is 24.0 Å². The van der Waals surface area contributed by atoms with E-state index in [1.165, 1.54) is 19.3 Å². The highest BCUT2D eigenvalue weighted by molar-refractivity contribution is 5.99. The van der Waals surface area contributed by atoms with Crippen LogP contribution < -0.4 is 0 Å². The molecule has 0 saturated heterocycles. The van der Waals surface area contributed by atoms with E-state index < -0.39 is 5.97 Å². The van der Waals surface area contributed by atoms with Gasteiger partial charge in [0.05, 0.1) is 11.4 Å². The molecule has 0 spiro atoms. The molecule has 0 amide bonds. The Morgan fingerprint density at radius 2 is 2.11 bits per heavy atom. The van der Waals surface area contributed by atoms with Crippen LogP contribution in [0.5, 0.6) is 0 Å². The van der Waals surface area contributed by atoms with Crippen molar-refractivity contribution in [2.24, 2.45) is 0 Å². The van der Waals surface area contributed by atoms with E-state index in [1.807, 2.05) is 4.68 Å². The molecular weight excluding hydrogens is 230 g/mol. The summed E-state index contributed by atoms with van der Waals surface area (Å²) in [5, 5.41) is 14.1. The molecule has 0 aromatic carbocycles. The molecule has 18 heavy (non-hydrogen) atoms. The van der Waals surface area contributed by atoms with Crippen LogP contribution in [-0.2, 0) is 0 Å². The Kier molecular flexibility index (Phi) is 2.74. The van der Waals surface area contributed by atoms with Gasteiger partial charge >= 0.3 is 5.97 Å². The summed E-state index contributed by atoms with van der Waals surface area (Å²) in [6, 6.07) is 3.82. The molecule has 0 aliphatic heterocycles. The van der Waals surface area contributed by atoms with Gasteiger partial charge in [0.15, 0.2) is 11.3 Å². The lowest BCUT2D eigenvalue weighted by Gasteiger charge is -2.22. The first-order chi connectivity index (χ1) is 8.77. The second kappa shape index (κ2) is 4.40. The number of aromatic carboxylic acids is 1. The molecule has 5 nitrogen and oxygen atoms in total. The summed E-state index contributed by atoms with van der Waals surface area (Å²) in [7, 11) is 0. The molecule has 1 N–H and O–H groups in total. The second-order valence-corrected chi connectivity index (χ2v) is 4.76. The smallest absolute Gasteiger partial charge is 0.357 e. The number of nitrogens with zero attached hydrogens (tertiary/aromatic N) is 3. The zero-order valence-corrected chi connectivity index (χ0v) is 10.0. The fourth-order valence-electron chi connectivity index (χ4n) is 2.71. The summed E-state index contributed by atoms with van der Waals surface area (Å²) in [6.45, 7) is 0. The third-order valence-electron chi connectivity index (χ3n) is 3.59. The van der Waals surface area contributed by atoms with Crippen molar-refractivity contribution >= 4 is 17.0 Å². The first kappa shape index (κ1) is 11.2. The molecule has 3 rings (SSSR count). The van der Waals surface area contributed by atoms with E-state index in [9.17, 15) is 9.90 Å². The van der Waals surface area contributed by atoms with Crippen LogP contribution in [-0.4, -0.2) is 25.8 Å². The second-order valence-electron chi connectivity index (χ2n) is 4.76. The molecule has 1 aliphatic carbocycles. The number of hydrogen-bond acceptors (Lipinski definition) is 3. The van der Waals surface area contributed by atoms with Crippen LogP contribution in [0, 0.1) is 0 Å². The summed E-state index contributed by atoms with van der Waals surface area (Å²) in [5.74, 6) is -0.984. The van der Waals surface area contributed by atoms with Crippen molar-refractivity contribution in [2.45, 2.75) is 38.1 Å². The van der Waals surface area contributed by atoms with Gasteiger partial charge in [0.1, 0.15) is 0 Å². The van der Waals surface area contributed by atoms with E-state index in [-0.39, 0.29) is 5.69 Å². The van der Waals surface area contributed by atoms with Crippen LogP contribution in [0.15, 0.2) is 18.3 Å². The Morgan fingerprint density at radius 3 is 2.83 bits per heavy atom. The molecule has 1 fully saturated rings. The molecule has 0 radical (unpaired) electrons. The van der Waals surface area contributed by atoms with Gasteiger partial charge < -0.3 is 5.11 Å². The van der Waals surface area contributed by atoms with Gasteiger partial charge in [-0.3, -0.25) is 0 Å². The maximum Gasteiger partial charge on any atom is 0.357 e. The molecule has 0 bridgehead atoms. The molecule has 2 heterocycles. The van der Waals surface area contributed by atoms with Crippen LogP contribution in [0.3, 0.4) is 0 Å². The van der Waals surface area contributed by atoms with E-state index in [0.29, 0.717) is 17.1 Å². The van der Waals surface area contributed by atoms with Gasteiger partial charge in [-0.1, -0.05) is 19.3 Å². The van der Waals surface area contributed by atoms with Crippen molar-refractivity contribution in [2.75, 3.05) is 0 Å². The number of fused-ring (bicyclic) bond motifs is 1. The number of hydrogen-bond donors (Lipinski definition) is 1.